The SMILES string of the molecule is CC(c1ccco1)C(C)(C)Cc1ccc(CC(C)(C)C)s1. The predicted molar refractivity (Wildman–Crippen MR) is 92.1 cm³/mol. The molecule has 2 aromatic heterocycles. The number of hydrogen-bond acceptors (Lipinski definition) is 2. The number of thiophene rings is 1. The van der Waals surface area contributed by atoms with Crippen LogP contribution in [0.25, 0.3) is 0 Å². The highest BCUT2D eigenvalue weighted by molar-refractivity contribution is 7.12. The van der Waals surface area contributed by atoms with Gasteiger partial charge in [0.25, 0.3) is 0 Å². The average molecular weight is 304 g/mol. The molecule has 1 atom stereocenters. The molecular weight excluding hydrogens is 276 g/mol. The van der Waals surface area contributed by atoms with E-state index in [2.05, 4.69) is 59.7 Å². The van der Waals surface area contributed by atoms with Gasteiger partial charge in [0.1, 0.15) is 5.76 Å². The van der Waals surface area contributed by atoms with Gasteiger partial charge in [0.2, 0.25) is 0 Å². The van der Waals surface area contributed by atoms with Gasteiger partial charge in [-0.15, -0.1) is 11.3 Å². The summed E-state index contributed by atoms with van der Waals surface area (Å²) in [5, 5.41) is 0. The smallest absolute Gasteiger partial charge is 0.107 e. The summed E-state index contributed by atoms with van der Waals surface area (Å²) in [5.41, 5.74) is 0.556. The number of hydrogen-bond donors (Lipinski definition) is 0. The van der Waals surface area contributed by atoms with Crippen molar-refractivity contribution in [1.29, 1.82) is 0 Å². The van der Waals surface area contributed by atoms with Crippen molar-refractivity contribution in [3.8, 4) is 0 Å². The fourth-order valence-electron chi connectivity index (χ4n) is 2.66. The topological polar surface area (TPSA) is 13.1 Å². The van der Waals surface area contributed by atoms with Gasteiger partial charge in [-0.05, 0) is 47.9 Å². The van der Waals surface area contributed by atoms with Crippen molar-refractivity contribution in [2.75, 3.05) is 0 Å². The Morgan fingerprint density at radius 3 is 2.14 bits per heavy atom. The van der Waals surface area contributed by atoms with Gasteiger partial charge in [0.15, 0.2) is 0 Å². The first kappa shape index (κ1) is 16.4. The summed E-state index contributed by atoms with van der Waals surface area (Å²) in [6, 6.07) is 8.68. The molecule has 2 heterocycles. The van der Waals surface area contributed by atoms with E-state index in [1.54, 1.807) is 6.26 Å². The van der Waals surface area contributed by atoms with Crippen molar-refractivity contribution in [1.82, 2.24) is 0 Å². The maximum absolute atomic E-state index is 5.59. The monoisotopic (exact) mass is 304 g/mol. The average Bonchev–Trinajstić information content (AvgIpc) is 2.97. The third-order valence-electron chi connectivity index (χ3n) is 4.19. The van der Waals surface area contributed by atoms with Gasteiger partial charge in [-0.1, -0.05) is 41.5 Å². The lowest BCUT2D eigenvalue weighted by Gasteiger charge is -2.30. The molecule has 1 nitrogen and oxygen atoms in total. The third kappa shape index (κ3) is 4.47. The molecule has 0 aromatic carbocycles. The van der Waals surface area contributed by atoms with Crippen molar-refractivity contribution in [3.05, 3.63) is 46.0 Å². The summed E-state index contributed by atoms with van der Waals surface area (Å²) in [6.07, 6.45) is 4.03. The highest BCUT2D eigenvalue weighted by atomic mass is 32.1. The minimum absolute atomic E-state index is 0.196. The zero-order valence-electron chi connectivity index (χ0n) is 14.2. The molecule has 0 aliphatic heterocycles. The van der Waals surface area contributed by atoms with E-state index in [1.807, 2.05) is 17.4 Å². The minimum Gasteiger partial charge on any atom is -0.469 e. The van der Waals surface area contributed by atoms with Gasteiger partial charge >= 0.3 is 0 Å². The van der Waals surface area contributed by atoms with E-state index in [-0.39, 0.29) is 5.41 Å². The van der Waals surface area contributed by atoms with Gasteiger partial charge in [0.05, 0.1) is 6.26 Å². The second-order valence-corrected chi connectivity index (χ2v) is 9.26. The Bertz CT molecular complexity index is 555. The molecule has 0 saturated heterocycles. The Kier molecular flexibility index (Phi) is 4.67. The standard InChI is InChI=1S/C19H28OS/c1-14(17-8-7-11-20-17)19(5,6)13-16-10-9-15(21-16)12-18(2,3)4/h7-11,14H,12-13H2,1-6H3. The van der Waals surface area contributed by atoms with Crippen LogP contribution in [0.4, 0.5) is 0 Å². The Hall–Kier alpha value is -1.02. The quantitative estimate of drug-likeness (QED) is 0.631. The molecule has 0 amide bonds. The highest BCUT2D eigenvalue weighted by Crippen LogP contribution is 2.40. The Morgan fingerprint density at radius 2 is 1.62 bits per heavy atom. The molecule has 0 bridgehead atoms. The largest absolute Gasteiger partial charge is 0.469 e. The lowest BCUT2D eigenvalue weighted by molar-refractivity contribution is 0.266. The highest BCUT2D eigenvalue weighted by Gasteiger charge is 2.30. The summed E-state index contributed by atoms with van der Waals surface area (Å²) < 4.78 is 5.59. The second-order valence-electron chi connectivity index (χ2n) is 8.01. The van der Waals surface area contributed by atoms with E-state index in [9.17, 15) is 0 Å². The first-order valence-corrected chi connectivity index (χ1v) is 8.60. The predicted octanol–water partition coefficient (Wildman–Crippen LogP) is 6.30. The lowest BCUT2D eigenvalue weighted by Crippen LogP contribution is -2.22. The molecule has 2 aromatic rings. The maximum atomic E-state index is 5.59. The van der Waals surface area contributed by atoms with Gasteiger partial charge in [-0.2, -0.15) is 0 Å². The molecule has 21 heavy (non-hydrogen) atoms. The molecule has 0 N–H and O–H groups in total. The fourth-order valence-corrected chi connectivity index (χ4v) is 4.22. The van der Waals surface area contributed by atoms with E-state index in [1.165, 1.54) is 9.75 Å². The molecule has 2 heteroatoms. The molecule has 1 unspecified atom stereocenters. The maximum Gasteiger partial charge on any atom is 0.107 e. The van der Waals surface area contributed by atoms with Crippen LogP contribution in [0.2, 0.25) is 0 Å². The van der Waals surface area contributed by atoms with Crippen LogP contribution in [0.3, 0.4) is 0 Å². The zero-order valence-corrected chi connectivity index (χ0v) is 15.0. The lowest BCUT2D eigenvalue weighted by atomic mass is 9.75. The fraction of sp³-hybridized carbons (Fsp3) is 0.579. The normalized spacial score (nSPS) is 14.4. The van der Waals surface area contributed by atoms with Gasteiger partial charge in [-0.3, -0.25) is 0 Å². The van der Waals surface area contributed by atoms with Gasteiger partial charge in [0, 0.05) is 15.7 Å². The van der Waals surface area contributed by atoms with Crippen LogP contribution >= 0.6 is 11.3 Å². The van der Waals surface area contributed by atoms with Crippen molar-refractivity contribution in [3.63, 3.8) is 0 Å². The van der Waals surface area contributed by atoms with Crippen molar-refractivity contribution in [2.45, 2.75) is 60.3 Å². The molecule has 0 radical (unpaired) electrons. The molecule has 0 spiro atoms. The molecule has 116 valence electrons. The van der Waals surface area contributed by atoms with E-state index in [0.29, 0.717) is 11.3 Å². The van der Waals surface area contributed by atoms with Gasteiger partial charge < -0.3 is 4.42 Å². The molecule has 0 aliphatic rings. The second kappa shape index (κ2) is 6.00. The summed E-state index contributed by atoms with van der Waals surface area (Å²) in [5.74, 6) is 1.51. The summed E-state index contributed by atoms with van der Waals surface area (Å²) in [7, 11) is 0. The van der Waals surface area contributed by atoms with Gasteiger partial charge in [-0.25, -0.2) is 0 Å². The van der Waals surface area contributed by atoms with Crippen LogP contribution in [-0.4, -0.2) is 0 Å². The van der Waals surface area contributed by atoms with Crippen LogP contribution in [0.15, 0.2) is 34.9 Å². The summed E-state index contributed by atoms with van der Waals surface area (Å²) >= 11 is 1.97. The van der Waals surface area contributed by atoms with Crippen molar-refractivity contribution in [2.24, 2.45) is 10.8 Å². The van der Waals surface area contributed by atoms with Crippen LogP contribution in [0.5, 0.6) is 0 Å². The number of rotatable bonds is 5. The number of furan rings is 1. The summed E-state index contributed by atoms with van der Waals surface area (Å²) in [6.45, 7) is 13.8. The molecular formula is C19H28OS. The van der Waals surface area contributed by atoms with Crippen LogP contribution < -0.4 is 0 Å². The molecule has 2 rings (SSSR count). The van der Waals surface area contributed by atoms with E-state index in [0.717, 1.165) is 18.6 Å². The van der Waals surface area contributed by atoms with E-state index < -0.39 is 0 Å². The minimum atomic E-state index is 0.196. The Balaban J connectivity index is 2.06. The van der Waals surface area contributed by atoms with E-state index in [4.69, 9.17) is 4.42 Å². The first-order valence-electron chi connectivity index (χ1n) is 7.78. The van der Waals surface area contributed by atoms with Crippen LogP contribution in [0.1, 0.15) is 63.0 Å². The van der Waals surface area contributed by atoms with Crippen molar-refractivity contribution >= 4 is 11.3 Å². The zero-order chi connectivity index (χ0) is 15.7. The summed E-state index contributed by atoms with van der Waals surface area (Å²) in [4.78, 5) is 2.98. The molecule has 0 saturated carbocycles. The molecule has 0 fully saturated rings. The molecule has 0 aliphatic carbocycles. The van der Waals surface area contributed by atoms with Crippen molar-refractivity contribution < 1.29 is 4.42 Å². The Labute approximate surface area is 133 Å². The van der Waals surface area contributed by atoms with Crippen LogP contribution in [-0.2, 0) is 12.8 Å². The van der Waals surface area contributed by atoms with Crippen LogP contribution in [0, 0.1) is 10.8 Å². The first-order chi connectivity index (χ1) is 9.67. The van der Waals surface area contributed by atoms with E-state index >= 15 is 0 Å². The Morgan fingerprint density at radius 1 is 1.00 bits per heavy atom. The third-order valence-corrected chi connectivity index (χ3v) is 5.28.